The van der Waals surface area contributed by atoms with E-state index in [0.717, 1.165) is 9.20 Å². The van der Waals surface area contributed by atoms with E-state index in [1.54, 1.807) is 6.07 Å². The quantitative estimate of drug-likeness (QED) is 0.396. The minimum atomic E-state index is -3.59. The zero-order chi connectivity index (χ0) is 30.6. The van der Waals surface area contributed by atoms with Crippen molar-refractivity contribution in [1.29, 1.82) is 0 Å². The number of ether oxygens (including phenoxy) is 1. The Balaban J connectivity index is 1.50. The molecule has 1 N–H and O–H groups in total. The van der Waals surface area contributed by atoms with Gasteiger partial charge in [-0.2, -0.15) is 4.98 Å². The summed E-state index contributed by atoms with van der Waals surface area (Å²) in [5.41, 5.74) is 1.45. The van der Waals surface area contributed by atoms with Crippen LogP contribution in [0.3, 0.4) is 0 Å². The zero-order valence-electron chi connectivity index (χ0n) is 24.3. The van der Waals surface area contributed by atoms with Crippen molar-refractivity contribution in [1.82, 2.24) is 34.5 Å². The van der Waals surface area contributed by atoms with Crippen molar-refractivity contribution in [2.24, 2.45) is 0 Å². The van der Waals surface area contributed by atoms with Crippen molar-refractivity contribution in [2.45, 2.75) is 38.2 Å². The van der Waals surface area contributed by atoms with E-state index in [4.69, 9.17) is 13.0 Å². The second-order valence-electron chi connectivity index (χ2n) is 8.20. The Labute approximate surface area is 210 Å². The first-order valence-electron chi connectivity index (χ1n) is 13.7. The number of likely N-dealkylation sites (tertiary alicyclic amines) is 1. The molecule has 190 valence electrons. The fraction of sp³-hybridized carbons (Fsp3) is 0.409. The molecule has 10 nitrogen and oxygen atoms in total. The Kier molecular flexibility index (Phi) is 4.32. The summed E-state index contributed by atoms with van der Waals surface area (Å²) in [5.74, 6) is -5.88. The van der Waals surface area contributed by atoms with Crippen molar-refractivity contribution >= 4 is 28.4 Å². The molecule has 1 saturated heterocycles. The monoisotopic (exact) mass is 512 g/mol. The molecule has 5 rings (SSSR count). The van der Waals surface area contributed by atoms with Gasteiger partial charge in [-0.15, -0.1) is 10.2 Å². The van der Waals surface area contributed by atoms with Crippen molar-refractivity contribution in [2.75, 3.05) is 25.4 Å². The van der Waals surface area contributed by atoms with E-state index in [9.17, 15) is 22.4 Å². The molecule has 4 aromatic rings. The maximum Gasteiger partial charge on any atom is 0.285 e. The van der Waals surface area contributed by atoms with Gasteiger partial charge in [-0.05, 0) is 30.2 Å². The molecule has 1 fully saturated rings. The first-order chi connectivity index (χ1) is 19.5. The van der Waals surface area contributed by atoms with Crippen LogP contribution in [-0.2, 0) is 11.3 Å². The number of halogens is 4. The van der Waals surface area contributed by atoms with Gasteiger partial charge in [0.2, 0.25) is 17.7 Å². The van der Waals surface area contributed by atoms with Crippen LogP contribution in [0.4, 0.5) is 23.5 Å². The molecule has 0 aliphatic carbocycles. The number of hydrogen-bond donors (Lipinski definition) is 1. The third kappa shape index (κ3) is 4.27. The van der Waals surface area contributed by atoms with Gasteiger partial charge in [-0.25, -0.2) is 26.8 Å². The van der Waals surface area contributed by atoms with Crippen LogP contribution >= 0.6 is 0 Å². The molecule has 1 aliphatic rings. The summed E-state index contributed by atoms with van der Waals surface area (Å²) < 4.78 is 108. The van der Waals surface area contributed by atoms with Crippen molar-refractivity contribution < 1.29 is 35.3 Å². The van der Waals surface area contributed by atoms with Crippen LogP contribution in [0.2, 0.25) is 0 Å². The Morgan fingerprint density at radius 2 is 2.22 bits per heavy atom. The first kappa shape index (κ1) is 17.5. The van der Waals surface area contributed by atoms with E-state index in [1.165, 1.54) is 24.4 Å². The number of nitrogens with one attached hydrogen (secondary N) is 1. The third-order valence-corrected chi connectivity index (χ3v) is 5.90. The molecule has 1 aromatic carbocycles. The van der Waals surface area contributed by atoms with Crippen LogP contribution < -0.4 is 10.1 Å². The fourth-order valence-electron chi connectivity index (χ4n) is 4.20. The van der Waals surface area contributed by atoms with E-state index in [1.807, 2.05) is 0 Å². The number of aromatic nitrogens is 6. The predicted molar refractivity (Wildman–Crippen MR) is 121 cm³/mol. The molecule has 1 aliphatic heterocycles. The number of carbonyl (C=O) groups excluding carboxylic acids is 1. The van der Waals surface area contributed by atoms with E-state index >= 15 is 0 Å². The predicted octanol–water partition coefficient (Wildman–Crippen LogP) is 3.08. The maximum absolute atomic E-state index is 15.0. The molecule has 0 radical (unpaired) electrons. The van der Waals surface area contributed by atoms with Gasteiger partial charge in [0.15, 0.2) is 0 Å². The average Bonchev–Trinajstić information content (AvgIpc) is 3.47. The Morgan fingerprint density at radius 1 is 1.36 bits per heavy atom. The number of hydrogen-bond acceptors (Lipinski definition) is 7. The number of alkyl halides is 4. The summed E-state index contributed by atoms with van der Waals surface area (Å²) in [6.07, 6.45) is -1.64. The summed E-state index contributed by atoms with van der Waals surface area (Å²) in [5, 5.41) is 14.2. The molecule has 1 amide bonds. The van der Waals surface area contributed by atoms with Crippen LogP contribution in [0, 0.1) is 0 Å². The summed E-state index contributed by atoms with van der Waals surface area (Å²) in [7, 11) is -3.00. The summed E-state index contributed by atoms with van der Waals surface area (Å²) in [6.45, 7) is -5.20. The average molecular weight is 513 g/mol. The van der Waals surface area contributed by atoms with Crippen LogP contribution in [0.1, 0.15) is 21.5 Å². The van der Waals surface area contributed by atoms with E-state index in [0.29, 0.717) is 21.5 Å². The molecular weight excluding hydrogens is 484 g/mol. The van der Waals surface area contributed by atoms with Gasteiger partial charge in [0.25, 0.3) is 12.3 Å². The number of benzene rings is 1. The number of anilines is 1. The second kappa shape index (κ2) is 8.91. The van der Waals surface area contributed by atoms with Crippen molar-refractivity contribution in [3.63, 3.8) is 0 Å². The highest BCUT2D eigenvalue weighted by Gasteiger charge is 2.45. The molecule has 14 heteroatoms. The van der Waals surface area contributed by atoms with Crippen molar-refractivity contribution in [3.8, 4) is 17.0 Å². The smallest absolute Gasteiger partial charge is 0.285 e. The first-order valence-corrected chi connectivity index (χ1v) is 10.7. The number of amides is 1. The van der Waals surface area contributed by atoms with Gasteiger partial charge in [-0.1, -0.05) is 11.3 Å². The third-order valence-electron chi connectivity index (χ3n) is 5.90. The van der Waals surface area contributed by atoms with Crippen LogP contribution in [0.15, 0.2) is 30.5 Å². The molecule has 4 heterocycles. The molecule has 0 saturated carbocycles. The SMILES string of the molecule is [2H]C([2H])([2H])Oc1nc(N[C@@H]2CCN(C(=O)C([2H])([2H])[2H])CC2(F)F)nn2ccc(-c3ccc4nnn(CC(F)F)c4c3)c12. The minimum Gasteiger partial charge on any atom is -0.479 e. The minimum absolute atomic E-state index is 0.0498. The molecule has 0 bridgehead atoms. The lowest BCUT2D eigenvalue weighted by atomic mass is 10.0. The van der Waals surface area contributed by atoms with Gasteiger partial charge in [0, 0.05) is 29.3 Å². The lowest BCUT2D eigenvalue weighted by Crippen LogP contribution is -2.55. The molecule has 1 atom stereocenters. The highest BCUT2D eigenvalue weighted by atomic mass is 19.3. The molecule has 36 heavy (non-hydrogen) atoms. The van der Waals surface area contributed by atoms with E-state index < -0.39 is 63.1 Å². The number of piperidine rings is 1. The second-order valence-corrected chi connectivity index (χ2v) is 8.20. The van der Waals surface area contributed by atoms with Gasteiger partial charge in [0.05, 0.1) is 29.3 Å². The lowest BCUT2D eigenvalue weighted by molar-refractivity contribution is -0.140. The fourth-order valence-corrected chi connectivity index (χ4v) is 4.20. The largest absolute Gasteiger partial charge is 0.479 e. The number of nitrogens with zero attached hydrogens (tertiary/aromatic N) is 7. The number of rotatable bonds is 6. The highest BCUT2D eigenvalue weighted by Crippen LogP contribution is 2.34. The standard InChI is InChI=1S/C22H22F4N8O2/c1-12(35)32-7-6-17(22(25,26)11-32)27-21-28-20(36-2)19-14(5-8-33(19)30-21)13-3-4-15-16(9-13)34(31-29-15)10-18(23)24/h3-5,8-9,17-18H,6-7,10-11H2,1-2H3,(H,27,30)/t17-/m1/s1/i1D3,2D3. The van der Waals surface area contributed by atoms with Crippen LogP contribution in [0.25, 0.3) is 27.7 Å². The van der Waals surface area contributed by atoms with Gasteiger partial charge >= 0.3 is 0 Å². The van der Waals surface area contributed by atoms with Gasteiger partial charge in [-0.3, -0.25) is 4.79 Å². The van der Waals surface area contributed by atoms with Crippen LogP contribution in [0.5, 0.6) is 5.88 Å². The highest BCUT2D eigenvalue weighted by molar-refractivity contribution is 5.89. The topological polar surface area (TPSA) is 102 Å². The van der Waals surface area contributed by atoms with E-state index in [-0.39, 0.29) is 24.0 Å². The Morgan fingerprint density at radius 3 is 2.97 bits per heavy atom. The lowest BCUT2D eigenvalue weighted by Gasteiger charge is -2.38. The Bertz CT molecular complexity index is 1640. The molecule has 0 unspecified atom stereocenters. The van der Waals surface area contributed by atoms with Gasteiger partial charge in [0.1, 0.15) is 17.6 Å². The van der Waals surface area contributed by atoms with Gasteiger partial charge < -0.3 is 15.0 Å². The molecule has 3 aromatic heterocycles. The zero-order valence-corrected chi connectivity index (χ0v) is 18.3. The summed E-state index contributed by atoms with van der Waals surface area (Å²) in [6, 6.07) is 4.55. The number of carbonyl (C=O) groups is 1. The van der Waals surface area contributed by atoms with Crippen LogP contribution in [-0.4, -0.2) is 78.9 Å². The maximum atomic E-state index is 15.0. The van der Waals surface area contributed by atoms with Crippen molar-refractivity contribution in [3.05, 3.63) is 30.5 Å². The van der Waals surface area contributed by atoms with E-state index in [2.05, 4.69) is 25.7 Å². The molecular formula is C22H22F4N8O2. The molecule has 0 spiro atoms. The Hall–Kier alpha value is -3.97. The summed E-state index contributed by atoms with van der Waals surface area (Å²) in [4.78, 5) is 16.6. The number of fused-ring (bicyclic) bond motifs is 2. The summed E-state index contributed by atoms with van der Waals surface area (Å²) >= 11 is 0. The normalized spacial score (nSPS) is 20.9. The number of methoxy groups -OCH3 is 1.